The van der Waals surface area contributed by atoms with E-state index >= 15 is 0 Å². The maximum absolute atomic E-state index is 14.0. The number of halogens is 2. The van der Waals surface area contributed by atoms with Crippen LogP contribution in [-0.4, -0.2) is 0 Å². The van der Waals surface area contributed by atoms with Gasteiger partial charge in [-0.25, -0.2) is 8.78 Å². The molecule has 1 nitrogen and oxygen atoms in total. The van der Waals surface area contributed by atoms with E-state index < -0.39 is 11.6 Å². The molecule has 0 radical (unpaired) electrons. The maximum atomic E-state index is 14.0. The Kier molecular flexibility index (Phi) is 5.16. The van der Waals surface area contributed by atoms with Gasteiger partial charge in [0, 0.05) is 5.56 Å². The molecule has 28 heavy (non-hydrogen) atoms. The van der Waals surface area contributed by atoms with Gasteiger partial charge in [0.2, 0.25) is 0 Å². The first-order valence-electron chi connectivity index (χ1n) is 9.02. The van der Waals surface area contributed by atoms with Crippen molar-refractivity contribution in [3.63, 3.8) is 0 Å². The van der Waals surface area contributed by atoms with E-state index in [1.807, 2.05) is 66.7 Å². The molecule has 0 bridgehead atoms. The topological polar surface area (TPSA) is 9.23 Å². The first-order chi connectivity index (χ1) is 13.7. The van der Waals surface area contributed by atoms with E-state index in [1.54, 1.807) is 18.2 Å². The van der Waals surface area contributed by atoms with Crippen molar-refractivity contribution in [3.8, 4) is 28.0 Å². The number of rotatable bonds is 5. The Morgan fingerprint density at radius 2 is 1.18 bits per heavy atom. The van der Waals surface area contributed by atoms with Crippen molar-refractivity contribution in [1.29, 1.82) is 0 Å². The summed E-state index contributed by atoms with van der Waals surface area (Å²) >= 11 is 0. The van der Waals surface area contributed by atoms with Gasteiger partial charge in [-0.2, -0.15) is 0 Å². The third-order valence-electron chi connectivity index (χ3n) is 4.58. The second-order valence-corrected chi connectivity index (χ2v) is 6.48. The van der Waals surface area contributed by atoms with Crippen LogP contribution in [0.1, 0.15) is 5.56 Å². The lowest BCUT2D eigenvalue weighted by atomic mass is 10.00. The van der Waals surface area contributed by atoms with E-state index in [0.29, 0.717) is 12.2 Å². The number of hydrogen-bond acceptors (Lipinski definition) is 1. The summed E-state index contributed by atoms with van der Waals surface area (Å²) in [6, 6.07) is 29.4. The zero-order chi connectivity index (χ0) is 19.3. The summed E-state index contributed by atoms with van der Waals surface area (Å²) in [5.41, 5.74) is 4.04. The highest BCUT2D eigenvalue weighted by Gasteiger charge is 2.09. The molecular weight excluding hydrogens is 354 g/mol. The Morgan fingerprint density at radius 1 is 0.571 bits per heavy atom. The number of benzene rings is 4. The lowest BCUT2D eigenvalue weighted by Crippen LogP contribution is -1.94. The van der Waals surface area contributed by atoms with Crippen molar-refractivity contribution >= 4 is 0 Å². The van der Waals surface area contributed by atoms with Crippen LogP contribution in [0.15, 0.2) is 97.1 Å². The first kappa shape index (κ1) is 17.9. The fourth-order valence-corrected chi connectivity index (χ4v) is 3.05. The predicted octanol–water partition coefficient (Wildman–Crippen LogP) is 6.88. The summed E-state index contributed by atoms with van der Waals surface area (Å²) < 4.78 is 33.2. The normalized spacial score (nSPS) is 10.6. The highest BCUT2D eigenvalue weighted by atomic mass is 19.2. The van der Waals surface area contributed by atoms with Crippen LogP contribution in [0.2, 0.25) is 0 Å². The molecule has 138 valence electrons. The predicted molar refractivity (Wildman–Crippen MR) is 108 cm³/mol. The molecule has 0 aliphatic heterocycles. The Morgan fingerprint density at radius 3 is 1.86 bits per heavy atom. The standard InChI is InChI=1S/C25H18F2O/c26-24-8-4-7-23(25(24)27)21-11-9-19(10-12-21)20-13-15-22(16-14-20)28-17-18-5-2-1-3-6-18/h1-16H,17H2. The molecule has 4 aromatic carbocycles. The third-order valence-corrected chi connectivity index (χ3v) is 4.58. The molecule has 4 rings (SSSR count). The van der Waals surface area contributed by atoms with Gasteiger partial charge < -0.3 is 4.74 Å². The van der Waals surface area contributed by atoms with Crippen molar-refractivity contribution in [3.05, 3.63) is 114 Å². The highest BCUT2D eigenvalue weighted by molar-refractivity contribution is 5.71. The molecule has 0 unspecified atom stereocenters. The zero-order valence-electron chi connectivity index (χ0n) is 15.1. The molecule has 0 saturated carbocycles. The van der Waals surface area contributed by atoms with Gasteiger partial charge in [0.1, 0.15) is 12.4 Å². The van der Waals surface area contributed by atoms with E-state index in [-0.39, 0.29) is 5.56 Å². The molecule has 3 heteroatoms. The highest BCUT2D eigenvalue weighted by Crippen LogP contribution is 2.28. The van der Waals surface area contributed by atoms with Gasteiger partial charge in [0.15, 0.2) is 11.6 Å². The largest absolute Gasteiger partial charge is 0.489 e. The Labute approximate surface area is 162 Å². The molecule has 0 amide bonds. The van der Waals surface area contributed by atoms with Crippen LogP contribution in [-0.2, 0) is 6.61 Å². The van der Waals surface area contributed by atoms with Gasteiger partial charge >= 0.3 is 0 Å². The molecular formula is C25H18F2O. The minimum atomic E-state index is -0.840. The third kappa shape index (κ3) is 3.94. The van der Waals surface area contributed by atoms with E-state index in [9.17, 15) is 8.78 Å². The van der Waals surface area contributed by atoms with Crippen LogP contribution in [0.5, 0.6) is 5.75 Å². The molecule has 0 fully saturated rings. The Balaban J connectivity index is 1.48. The fraction of sp³-hybridized carbons (Fsp3) is 0.0400. The molecule has 0 spiro atoms. The van der Waals surface area contributed by atoms with E-state index in [0.717, 1.165) is 28.5 Å². The molecule has 0 aliphatic carbocycles. The van der Waals surface area contributed by atoms with Gasteiger partial charge in [-0.05, 0) is 40.5 Å². The minimum absolute atomic E-state index is 0.260. The summed E-state index contributed by atoms with van der Waals surface area (Å²) in [6.45, 7) is 0.522. The SMILES string of the molecule is Fc1cccc(-c2ccc(-c3ccc(OCc4ccccc4)cc3)cc2)c1F. The molecule has 0 atom stereocenters. The van der Waals surface area contributed by atoms with Crippen molar-refractivity contribution in [1.82, 2.24) is 0 Å². The van der Waals surface area contributed by atoms with Gasteiger partial charge in [0.05, 0.1) is 0 Å². The molecule has 4 aromatic rings. The van der Waals surface area contributed by atoms with Crippen molar-refractivity contribution < 1.29 is 13.5 Å². The molecule has 0 saturated heterocycles. The average molecular weight is 372 g/mol. The molecule has 0 heterocycles. The van der Waals surface area contributed by atoms with Gasteiger partial charge in [-0.1, -0.05) is 78.9 Å². The summed E-state index contributed by atoms with van der Waals surface area (Å²) in [5, 5.41) is 0. The second kappa shape index (κ2) is 8.05. The second-order valence-electron chi connectivity index (χ2n) is 6.48. The average Bonchev–Trinajstić information content (AvgIpc) is 2.76. The number of hydrogen-bond donors (Lipinski definition) is 0. The van der Waals surface area contributed by atoms with Gasteiger partial charge in [-0.3, -0.25) is 0 Å². The van der Waals surface area contributed by atoms with Crippen LogP contribution in [0.25, 0.3) is 22.3 Å². The smallest absolute Gasteiger partial charge is 0.166 e. The summed E-state index contributed by atoms with van der Waals surface area (Å²) in [4.78, 5) is 0. The van der Waals surface area contributed by atoms with Crippen molar-refractivity contribution in [2.24, 2.45) is 0 Å². The first-order valence-corrected chi connectivity index (χ1v) is 9.02. The van der Waals surface area contributed by atoms with E-state index in [1.165, 1.54) is 6.07 Å². The lowest BCUT2D eigenvalue weighted by Gasteiger charge is -2.09. The van der Waals surface area contributed by atoms with Crippen LogP contribution in [0.4, 0.5) is 8.78 Å². The maximum Gasteiger partial charge on any atom is 0.166 e. The molecule has 0 aromatic heterocycles. The Bertz CT molecular complexity index is 1060. The minimum Gasteiger partial charge on any atom is -0.489 e. The molecule has 0 aliphatic rings. The van der Waals surface area contributed by atoms with Gasteiger partial charge in [0.25, 0.3) is 0 Å². The Hall–Kier alpha value is -3.46. The molecule has 0 N–H and O–H groups in total. The van der Waals surface area contributed by atoms with Crippen molar-refractivity contribution in [2.45, 2.75) is 6.61 Å². The summed E-state index contributed by atoms with van der Waals surface area (Å²) in [6.07, 6.45) is 0. The van der Waals surface area contributed by atoms with Crippen molar-refractivity contribution in [2.75, 3.05) is 0 Å². The van der Waals surface area contributed by atoms with Crippen LogP contribution in [0.3, 0.4) is 0 Å². The van der Waals surface area contributed by atoms with Gasteiger partial charge in [-0.15, -0.1) is 0 Å². The monoisotopic (exact) mass is 372 g/mol. The van der Waals surface area contributed by atoms with Crippen LogP contribution >= 0.6 is 0 Å². The van der Waals surface area contributed by atoms with Crippen LogP contribution in [0, 0.1) is 11.6 Å². The zero-order valence-corrected chi connectivity index (χ0v) is 15.1. The summed E-state index contributed by atoms with van der Waals surface area (Å²) in [5.74, 6) is -0.867. The van der Waals surface area contributed by atoms with Crippen LogP contribution < -0.4 is 4.74 Å². The lowest BCUT2D eigenvalue weighted by molar-refractivity contribution is 0.306. The number of ether oxygens (including phenoxy) is 1. The van der Waals surface area contributed by atoms with E-state index in [4.69, 9.17) is 4.74 Å². The van der Waals surface area contributed by atoms with E-state index in [2.05, 4.69) is 0 Å². The fourth-order valence-electron chi connectivity index (χ4n) is 3.05. The summed E-state index contributed by atoms with van der Waals surface area (Å²) in [7, 11) is 0. The quantitative estimate of drug-likeness (QED) is 0.371.